The number of hydrogen-bond donors (Lipinski definition) is 1. The molecule has 14 heavy (non-hydrogen) atoms. The fourth-order valence-electron chi connectivity index (χ4n) is 4.81. The molecule has 0 amide bonds. The van der Waals surface area contributed by atoms with Gasteiger partial charge in [-0.15, -0.1) is 0 Å². The van der Waals surface area contributed by atoms with E-state index in [9.17, 15) is 5.11 Å². The van der Waals surface area contributed by atoms with E-state index < -0.39 is 0 Å². The van der Waals surface area contributed by atoms with Crippen LogP contribution in [0.5, 0.6) is 0 Å². The molecule has 2 fully saturated rings. The first-order chi connectivity index (χ1) is 6.67. The Hall–Kier alpha value is -0.300. The van der Waals surface area contributed by atoms with E-state index in [1.54, 1.807) is 5.57 Å². The van der Waals surface area contributed by atoms with E-state index in [1.165, 1.54) is 19.3 Å². The largest absolute Gasteiger partial charge is 0.392 e. The van der Waals surface area contributed by atoms with Crippen molar-refractivity contribution in [3.05, 3.63) is 11.6 Å². The van der Waals surface area contributed by atoms with E-state index in [2.05, 4.69) is 19.9 Å². The Morgan fingerprint density at radius 2 is 2.07 bits per heavy atom. The van der Waals surface area contributed by atoms with Gasteiger partial charge in [0.05, 0.1) is 6.10 Å². The van der Waals surface area contributed by atoms with E-state index in [-0.39, 0.29) is 11.5 Å². The lowest BCUT2D eigenvalue weighted by atomic mass is 9.67. The molecule has 0 aliphatic heterocycles. The summed E-state index contributed by atoms with van der Waals surface area (Å²) < 4.78 is 0. The van der Waals surface area contributed by atoms with Crippen molar-refractivity contribution >= 4 is 0 Å². The van der Waals surface area contributed by atoms with Crippen LogP contribution in [0.4, 0.5) is 0 Å². The molecule has 1 N–H and O–H groups in total. The minimum atomic E-state index is -0.0244. The molecular weight excluding hydrogens is 172 g/mol. The van der Waals surface area contributed by atoms with Crippen molar-refractivity contribution in [1.29, 1.82) is 0 Å². The fraction of sp³-hybridized carbons (Fsp3) is 0.846. The van der Waals surface area contributed by atoms with Crippen LogP contribution >= 0.6 is 0 Å². The lowest BCUT2D eigenvalue weighted by Gasteiger charge is -2.38. The maximum absolute atomic E-state index is 10.3. The molecule has 1 spiro atoms. The molecule has 0 saturated heterocycles. The van der Waals surface area contributed by atoms with Gasteiger partial charge < -0.3 is 5.11 Å². The van der Waals surface area contributed by atoms with Crippen molar-refractivity contribution in [3.63, 3.8) is 0 Å². The van der Waals surface area contributed by atoms with Crippen molar-refractivity contribution in [2.24, 2.45) is 23.2 Å². The molecule has 2 saturated carbocycles. The van der Waals surface area contributed by atoms with Crippen molar-refractivity contribution in [2.45, 2.75) is 45.6 Å². The first-order valence-electron chi connectivity index (χ1n) is 6.03. The van der Waals surface area contributed by atoms with Gasteiger partial charge in [0, 0.05) is 5.41 Å². The summed E-state index contributed by atoms with van der Waals surface area (Å²) in [6.07, 6.45) is 7.34. The van der Waals surface area contributed by atoms with E-state index in [0.29, 0.717) is 11.8 Å². The highest BCUT2D eigenvalue weighted by atomic mass is 16.3. The Labute approximate surface area is 86.2 Å². The lowest BCUT2D eigenvalue weighted by molar-refractivity contribution is -0.00565. The van der Waals surface area contributed by atoms with Crippen LogP contribution in [0.2, 0.25) is 0 Å². The molecule has 3 aliphatic rings. The minimum absolute atomic E-state index is 0.0244. The summed E-state index contributed by atoms with van der Waals surface area (Å²) in [5.41, 5.74) is 1.84. The Bertz CT molecular complexity index is 288. The van der Waals surface area contributed by atoms with Crippen molar-refractivity contribution in [3.8, 4) is 0 Å². The third-order valence-corrected chi connectivity index (χ3v) is 5.33. The predicted octanol–water partition coefficient (Wildman–Crippen LogP) is 2.75. The van der Waals surface area contributed by atoms with Gasteiger partial charge in [-0.2, -0.15) is 0 Å². The zero-order valence-electron chi connectivity index (χ0n) is 9.16. The van der Waals surface area contributed by atoms with E-state index in [1.807, 2.05) is 0 Å². The molecular formula is C13H20O. The molecule has 78 valence electrons. The van der Waals surface area contributed by atoms with Crippen LogP contribution < -0.4 is 0 Å². The smallest absolute Gasteiger partial charge is 0.0610 e. The van der Waals surface area contributed by atoms with Gasteiger partial charge in [-0.05, 0) is 50.4 Å². The maximum Gasteiger partial charge on any atom is 0.0610 e. The van der Waals surface area contributed by atoms with Crippen LogP contribution in [-0.2, 0) is 0 Å². The highest BCUT2D eigenvalue weighted by Crippen LogP contribution is 2.66. The Balaban J connectivity index is 2.09. The van der Waals surface area contributed by atoms with Crippen LogP contribution in [0.25, 0.3) is 0 Å². The summed E-state index contributed by atoms with van der Waals surface area (Å²) in [6.45, 7) is 4.63. The third kappa shape index (κ3) is 0.770. The summed E-state index contributed by atoms with van der Waals surface area (Å²) in [5, 5.41) is 10.3. The molecule has 0 aromatic carbocycles. The molecule has 0 heterocycles. The molecule has 3 aliphatic carbocycles. The second-order valence-electron chi connectivity index (χ2n) is 5.64. The van der Waals surface area contributed by atoms with Crippen LogP contribution in [0.3, 0.4) is 0 Å². The van der Waals surface area contributed by atoms with Gasteiger partial charge in [0.2, 0.25) is 0 Å². The number of allylic oxidation sites excluding steroid dienone is 2. The topological polar surface area (TPSA) is 20.2 Å². The summed E-state index contributed by atoms with van der Waals surface area (Å²) in [7, 11) is 0. The molecule has 1 nitrogen and oxygen atoms in total. The Kier molecular flexibility index (Phi) is 1.69. The average Bonchev–Trinajstić information content (AvgIpc) is 2.71. The number of rotatable bonds is 0. The molecule has 0 unspecified atom stereocenters. The van der Waals surface area contributed by atoms with Crippen LogP contribution in [0, 0.1) is 23.2 Å². The number of hydrogen-bond acceptors (Lipinski definition) is 1. The molecule has 0 aromatic rings. The van der Waals surface area contributed by atoms with Crippen LogP contribution in [-0.4, -0.2) is 11.2 Å². The second-order valence-corrected chi connectivity index (χ2v) is 5.64. The SMILES string of the molecule is CC1=C[C@@H]2CC[C@H](O)[C@@]23[C@H](C)CC[C@@H]13. The first-order valence-corrected chi connectivity index (χ1v) is 6.03. The summed E-state index contributed by atoms with van der Waals surface area (Å²) in [5.74, 6) is 2.13. The zero-order chi connectivity index (χ0) is 9.92. The molecule has 5 atom stereocenters. The minimum Gasteiger partial charge on any atom is -0.392 e. The van der Waals surface area contributed by atoms with Gasteiger partial charge >= 0.3 is 0 Å². The molecule has 1 heteroatoms. The third-order valence-electron chi connectivity index (χ3n) is 5.33. The van der Waals surface area contributed by atoms with Crippen molar-refractivity contribution in [1.82, 2.24) is 0 Å². The summed E-state index contributed by atoms with van der Waals surface area (Å²) >= 11 is 0. The zero-order valence-corrected chi connectivity index (χ0v) is 9.16. The second kappa shape index (κ2) is 2.63. The van der Waals surface area contributed by atoms with E-state index in [4.69, 9.17) is 0 Å². The lowest BCUT2D eigenvalue weighted by Crippen LogP contribution is -2.40. The van der Waals surface area contributed by atoms with Gasteiger partial charge in [0.15, 0.2) is 0 Å². The molecule has 0 aromatic heterocycles. The van der Waals surface area contributed by atoms with Crippen molar-refractivity contribution in [2.75, 3.05) is 0 Å². The maximum atomic E-state index is 10.3. The summed E-state index contributed by atoms with van der Waals surface area (Å²) in [4.78, 5) is 0. The van der Waals surface area contributed by atoms with Crippen LogP contribution in [0.1, 0.15) is 39.5 Å². The Morgan fingerprint density at radius 3 is 2.86 bits per heavy atom. The molecule has 0 radical (unpaired) electrons. The highest BCUT2D eigenvalue weighted by Gasteiger charge is 2.62. The van der Waals surface area contributed by atoms with Gasteiger partial charge in [-0.25, -0.2) is 0 Å². The molecule has 3 rings (SSSR count). The van der Waals surface area contributed by atoms with Gasteiger partial charge in [-0.1, -0.05) is 18.6 Å². The first kappa shape index (κ1) is 8.96. The predicted molar refractivity (Wildman–Crippen MR) is 56.8 cm³/mol. The van der Waals surface area contributed by atoms with Gasteiger partial charge in [0.1, 0.15) is 0 Å². The van der Waals surface area contributed by atoms with Gasteiger partial charge in [-0.3, -0.25) is 0 Å². The van der Waals surface area contributed by atoms with Crippen LogP contribution in [0.15, 0.2) is 11.6 Å². The fourth-order valence-corrected chi connectivity index (χ4v) is 4.81. The van der Waals surface area contributed by atoms with E-state index >= 15 is 0 Å². The standard InChI is InChI=1S/C13H20O/c1-8-7-10-4-6-12(14)13(10)9(2)3-5-11(8)13/h7,9-12,14H,3-6H2,1-2H3/t9-,10+,11+,12+,13+/m1/s1. The Morgan fingerprint density at radius 1 is 1.29 bits per heavy atom. The molecule has 0 bridgehead atoms. The highest BCUT2D eigenvalue weighted by molar-refractivity contribution is 5.29. The average molecular weight is 192 g/mol. The quantitative estimate of drug-likeness (QED) is 0.585. The monoisotopic (exact) mass is 192 g/mol. The number of aliphatic hydroxyl groups is 1. The normalized spacial score (nSPS) is 55.8. The van der Waals surface area contributed by atoms with E-state index in [0.717, 1.165) is 12.3 Å². The summed E-state index contributed by atoms with van der Waals surface area (Å²) in [6, 6.07) is 0. The number of aliphatic hydroxyl groups excluding tert-OH is 1. The van der Waals surface area contributed by atoms with Gasteiger partial charge in [0.25, 0.3) is 0 Å². The van der Waals surface area contributed by atoms with Crippen molar-refractivity contribution < 1.29 is 5.11 Å².